The average molecular weight is 322 g/mol. The van der Waals surface area contributed by atoms with Crippen molar-refractivity contribution in [1.82, 2.24) is 4.31 Å². The van der Waals surface area contributed by atoms with E-state index in [2.05, 4.69) is 0 Å². The highest BCUT2D eigenvalue weighted by atomic mass is 35.5. The van der Waals surface area contributed by atoms with Crippen molar-refractivity contribution in [3.05, 3.63) is 29.1 Å². The largest absolute Gasteiger partial charge is 0.380 e. The molecule has 1 aliphatic rings. The summed E-state index contributed by atoms with van der Waals surface area (Å²) in [4.78, 5) is 0.0916. The Hall–Kier alpha value is -0.690. The molecular weight excluding hydrogens is 305 g/mol. The molecule has 1 saturated heterocycles. The van der Waals surface area contributed by atoms with Crippen LogP contribution >= 0.6 is 11.6 Å². The second kappa shape index (κ2) is 6.39. The summed E-state index contributed by atoms with van der Waals surface area (Å²) >= 11 is 5.67. The van der Waals surface area contributed by atoms with E-state index in [1.54, 1.807) is 0 Å². The van der Waals surface area contributed by atoms with Crippen LogP contribution in [0.25, 0.3) is 0 Å². The van der Waals surface area contributed by atoms with Crippen molar-refractivity contribution in [2.24, 2.45) is 0 Å². The third-order valence-electron chi connectivity index (χ3n) is 3.27. The van der Waals surface area contributed by atoms with E-state index in [1.165, 1.54) is 23.4 Å². The summed E-state index contributed by atoms with van der Waals surface area (Å²) in [7, 11) is -3.63. The van der Waals surface area contributed by atoms with Crippen LogP contribution in [0.5, 0.6) is 0 Å². The number of hydrogen-bond donors (Lipinski definition) is 0. The van der Waals surface area contributed by atoms with E-state index in [9.17, 15) is 12.8 Å². The SMILES string of the molecule is Cc1cc(S(=O)(=O)N2CCCOCC2)cc(CCl)c1F. The maximum Gasteiger partial charge on any atom is 0.243 e. The van der Waals surface area contributed by atoms with Crippen molar-refractivity contribution >= 4 is 21.6 Å². The van der Waals surface area contributed by atoms with Crippen LogP contribution < -0.4 is 0 Å². The van der Waals surface area contributed by atoms with Crippen LogP contribution in [0.15, 0.2) is 17.0 Å². The predicted octanol–water partition coefficient (Wildman–Crippen LogP) is 2.28. The Morgan fingerprint density at radius 1 is 1.35 bits per heavy atom. The number of ether oxygens (including phenoxy) is 1. The van der Waals surface area contributed by atoms with Gasteiger partial charge in [0, 0.05) is 25.3 Å². The van der Waals surface area contributed by atoms with Crippen LogP contribution in [0, 0.1) is 12.7 Å². The molecule has 1 heterocycles. The maximum atomic E-state index is 13.8. The van der Waals surface area contributed by atoms with Crippen LogP contribution in [-0.4, -0.2) is 39.0 Å². The summed E-state index contributed by atoms with van der Waals surface area (Å²) in [5, 5.41) is 0. The number of hydrogen-bond acceptors (Lipinski definition) is 3. The number of alkyl halides is 1. The highest BCUT2D eigenvalue weighted by molar-refractivity contribution is 7.89. The zero-order valence-corrected chi connectivity index (χ0v) is 12.8. The minimum absolute atomic E-state index is 0.0564. The normalized spacial score (nSPS) is 17.9. The van der Waals surface area contributed by atoms with Crippen LogP contribution in [0.2, 0.25) is 0 Å². The molecule has 4 nitrogen and oxygen atoms in total. The van der Waals surface area contributed by atoms with Gasteiger partial charge in [0.25, 0.3) is 0 Å². The lowest BCUT2D eigenvalue weighted by molar-refractivity contribution is 0.148. The van der Waals surface area contributed by atoms with Gasteiger partial charge in [-0.2, -0.15) is 4.31 Å². The third kappa shape index (κ3) is 3.14. The zero-order valence-electron chi connectivity index (χ0n) is 11.2. The molecule has 0 unspecified atom stereocenters. The van der Waals surface area contributed by atoms with Crippen LogP contribution in [0.3, 0.4) is 0 Å². The first kappa shape index (κ1) is 15.7. The first-order valence-electron chi connectivity index (χ1n) is 6.39. The zero-order chi connectivity index (χ0) is 14.8. The van der Waals surface area contributed by atoms with Gasteiger partial charge in [0.2, 0.25) is 10.0 Å². The quantitative estimate of drug-likeness (QED) is 0.802. The van der Waals surface area contributed by atoms with Crippen molar-refractivity contribution in [2.75, 3.05) is 26.3 Å². The van der Waals surface area contributed by atoms with E-state index in [4.69, 9.17) is 16.3 Å². The number of benzene rings is 1. The molecule has 1 aromatic rings. The molecular formula is C13H17ClFNO3S. The number of rotatable bonds is 3. The predicted molar refractivity (Wildman–Crippen MR) is 74.9 cm³/mol. The molecule has 0 spiro atoms. The van der Waals surface area contributed by atoms with E-state index in [0.29, 0.717) is 32.7 Å². The second-order valence-electron chi connectivity index (χ2n) is 4.72. The van der Waals surface area contributed by atoms with Gasteiger partial charge in [0.05, 0.1) is 17.4 Å². The Kier molecular flexibility index (Phi) is 5.01. The molecule has 7 heteroatoms. The van der Waals surface area contributed by atoms with Gasteiger partial charge in [0.1, 0.15) is 5.82 Å². The first-order valence-corrected chi connectivity index (χ1v) is 8.37. The van der Waals surface area contributed by atoms with Crippen molar-refractivity contribution in [1.29, 1.82) is 0 Å². The molecule has 1 aliphatic heterocycles. The lowest BCUT2D eigenvalue weighted by Gasteiger charge is -2.20. The molecule has 0 atom stereocenters. The highest BCUT2D eigenvalue weighted by Crippen LogP contribution is 2.24. The van der Waals surface area contributed by atoms with Crippen molar-refractivity contribution < 1.29 is 17.5 Å². The van der Waals surface area contributed by atoms with Crippen molar-refractivity contribution in [3.63, 3.8) is 0 Å². The molecule has 1 fully saturated rings. The Labute approximate surface area is 123 Å². The van der Waals surface area contributed by atoms with E-state index in [-0.39, 0.29) is 21.9 Å². The molecule has 0 saturated carbocycles. The maximum absolute atomic E-state index is 13.8. The monoisotopic (exact) mass is 321 g/mol. The lowest BCUT2D eigenvalue weighted by Crippen LogP contribution is -2.33. The summed E-state index contributed by atoms with van der Waals surface area (Å²) in [5.41, 5.74) is 0.490. The number of nitrogens with zero attached hydrogens (tertiary/aromatic N) is 1. The molecule has 1 aromatic carbocycles. The van der Waals surface area contributed by atoms with E-state index < -0.39 is 15.8 Å². The summed E-state index contributed by atoms with van der Waals surface area (Å²) in [6.07, 6.45) is 0.655. The number of halogens is 2. The molecule has 0 radical (unpaired) electrons. The number of aryl methyl sites for hydroxylation is 1. The van der Waals surface area contributed by atoms with Gasteiger partial charge in [-0.3, -0.25) is 0 Å². The summed E-state index contributed by atoms with van der Waals surface area (Å²) < 4.78 is 45.6. The van der Waals surface area contributed by atoms with Gasteiger partial charge >= 0.3 is 0 Å². The summed E-state index contributed by atoms with van der Waals surface area (Å²) in [6, 6.07) is 2.67. The minimum atomic E-state index is -3.63. The average Bonchev–Trinajstić information content (AvgIpc) is 2.71. The number of sulfonamides is 1. The van der Waals surface area contributed by atoms with Gasteiger partial charge in [-0.05, 0) is 31.0 Å². The Balaban J connectivity index is 2.40. The summed E-state index contributed by atoms with van der Waals surface area (Å²) in [5.74, 6) is -0.503. The summed E-state index contributed by atoms with van der Waals surface area (Å²) in [6.45, 7) is 3.20. The van der Waals surface area contributed by atoms with Gasteiger partial charge in [-0.15, -0.1) is 11.6 Å². The lowest BCUT2D eigenvalue weighted by atomic mass is 10.1. The molecule has 0 N–H and O–H groups in total. The van der Waals surface area contributed by atoms with Crippen LogP contribution in [-0.2, 0) is 20.6 Å². The fourth-order valence-corrected chi connectivity index (χ4v) is 3.96. The molecule has 0 bridgehead atoms. The van der Waals surface area contributed by atoms with Crippen molar-refractivity contribution in [2.45, 2.75) is 24.1 Å². The highest BCUT2D eigenvalue weighted by Gasteiger charge is 2.26. The van der Waals surface area contributed by atoms with Crippen LogP contribution in [0.1, 0.15) is 17.5 Å². The molecule has 2 rings (SSSR count). The van der Waals surface area contributed by atoms with Gasteiger partial charge in [-0.25, -0.2) is 12.8 Å². The van der Waals surface area contributed by atoms with E-state index in [0.717, 1.165) is 0 Å². The van der Waals surface area contributed by atoms with Gasteiger partial charge in [0.15, 0.2) is 0 Å². The smallest absolute Gasteiger partial charge is 0.243 e. The topological polar surface area (TPSA) is 46.6 Å². The second-order valence-corrected chi connectivity index (χ2v) is 6.92. The Morgan fingerprint density at radius 2 is 2.10 bits per heavy atom. The van der Waals surface area contributed by atoms with Gasteiger partial charge < -0.3 is 4.74 Å². The van der Waals surface area contributed by atoms with Crippen LogP contribution in [0.4, 0.5) is 4.39 Å². The Morgan fingerprint density at radius 3 is 2.80 bits per heavy atom. The molecule has 112 valence electrons. The molecule has 20 heavy (non-hydrogen) atoms. The first-order chi connectivity index (χ1) is 9.46. The fourth-order valence-electron chi connectivity index (χ4n) is 2.17. The molecule has 0 aliphatic carbocycles. The minimum Gasteiger partial charge on any atom is -0.380 e. The fraction of sp³-hybridized carbons (Fsp3) is 0.538. The Bertz CT molecular complexity index is 584. The molecule has 0 amide bonds. The van der Waals surface area contributed by atoms with E-state index in [1.807, 2.05) is 0 Å². The van der Waals surface area contributed by atoms with E-state index >= 15 is 0 Å². The standard InChI is InChI=1S/C13H17ClFNO3S/c1-10-7-12(8-11(9-14)13(10)15)20(17,18)16-3-2-5-19-6-4-16/h7-8H,2-6,9H2,1H3. The third-order valence-corrected chi connectivity index (χ3v) is 5.43. The van der Waals surface area contributed by atoms with Crippen molar-refractivity contribution in [3.8, 4) is 0 Å². The molecule has 0 aromatic heterocycles. The van der Waals surface area contributed by atoms with Gasteiger partial charge in [-0.1, -0.05) is 0 Å².